The van der Waals surface area contributed by atoms with Gasteiger partial charge in [0, 0.05) is 12.1 Å². The lowest BCUT2D eigenvalue weighted by molar-refractivity contribution is 0.0526. The van der Waals surface area contributed by atoms with Crippen molar-refractivity contribution in [2.24, 2.45) is 5.92 Å². The van der Waals surface area contributed by atoms with Crippen molar-refractivity contribution in [1.82, 2.24) is 4.90 Å². The first-order valence-electron chi connectivity index (χ1n) is 11.9. The Bertz CT molecular complexity index is 983. The summed E-state index contributed by atoms with van der Waals surface area (Å²) >= 11 is 0. The molecule has 2 rings (SSSR count). The number of benzene rings is 2. The van der Waals surface area contributed by atoms with Crippen LogP contribution in [0.3, 0.4) is 0 Å². The molecule has 0 fully saturated rings. The SMILES string of the molecule is CCOC(=O)c1cccc(CCN(C)CCCC(C#N)(c2ccc(OC)c(CO)c2)C(C)C)c1. The number of aliphatic hydroxyl groups excluding tert-OH is 1. The quantitative estimate of drug-likeness (QED) is 0.430. The zero-order valence-corrected chi connectivity index (χ0v) is 21.1. The van der Waals surface area contributed by atoms with Gasteiger partial charge in [-0.1, -0.05) is 32.0 Å². The molecule has 0 bridgehead atoms. The molecule has 0 spiro atoms. The summed E-state index contributed by atoms with van der Waals surface area (Å²) in [5.41, 5.74) is 2.67. The van der Waals surface area contributed by atoms with Crippen molar-refractivity contribution < 1.29 is 19.4 Å². The predicted molar refractivity (Wildman–Crippen MR) is 134 cm³/mol. The Labute approximate surface area is 204 Å². The number of likely N-dealkylation sites (N-methyl/N-ethyl adjacent to an activating group) is 1. The third kappa shape index (κ3) is 6.82. The second kappa shape index (κ2) is 13.1. The van der Waals surface area contributed by atoms with Crippen molar-refractivity contribution in [1.29, 1.82) is 5.26 Å². The second-order valence-electron chi connectivity index (χ2n) is 9.00. The molecular weight excluding hydrogens is 428 g/mol. The summed E-state index contributed by atoms with van der Waals surface area (Å²) in [6, 6.07) is 15.9. The van der Waals surface area contributed by atoms with E-state index in [4.69, 9.17) is 9.47 Å². The Kier molecular flexibility index (Phi) is 10.6. The highest BCUT2D eigenvalue weighted by Gasteiger charge is 2.36. The molecule has 0 heterocycles. The smallest absolute Gasteiger partial charge is 0.338 e. The van der Waals surface area contributed by atoms with Crippen LogP contribution in [0.15, 0.2) is 42.5 Å². The first-order chi connectivity index (χ1) is 16.3. The number of carbonyl (C=O) groups excluding carboxylic acids is 1. The predicted octanol–water partition coefficient (Wildman–Crippen LogP) is 4.74. The molecular formula is C28H38N2O4. The normalized spacial score (nSPS) is 12.9. The van der Waals surface area contributed by atoms with Crippen molar-refractivity contribution in [3.8, 4) is 11.8 Å². The maximum absolute atomic E-state index is 12.0. The molecule has 2 aromatic rings. The Balaban J connectivity index is 2.00. The molecule has 1 unspecified atom stereocenters. The van der Waals surface area contributed by atoms with Gasteiger partial charge in [0.25, 0.3) is 0 Å². The van der Waals surface area contributed by atoms with E-state index in [2.05, 4.69) is 31.9 Å². The van der Waals surface area contributed by atoms with Crippen molar-refractivity contribution in [3.63, 3.8) is 0 Å². The van der Waals surface area contributed by atoms with Gasteiger partial charge in [0.05, 0.1) is 37.4 Å². The standard InChI is InChI=1S/C28H38N2O4/c1-6-34-27(32)23-10-7-9-22(17-23)13-16-30(4)15-8-14-28(20-29,21(2)3)25-11-12-26(33-5)24(18-25)19-31/h7,9-12,17-18,21,31H,6,8,13-16,19H2,1-5H3. The summed E-state index contributed by atoms with van der Waals surface area (Å²) in [5.74, 6) is 0.462. The Hall–Kier alpha value is -2.88. The highest BCUT2D eigenvalue weighted by atomic mass is 16.5. The van der Waals surface area contributed by atoms with Crippen LogP contribution in [0.2, 0.25) is 0 Å². The maximum atomic E-state index is 12.0. The summed E-state index contributed by atoms with van der Waals surface area (Å²) in [5, 5.41) is 20.0. The summed E-state index contributed by atoms with van der Waals surface area (Å²) in [7, 11) is 3.66. The van der Waals surface area contributed by atoms with E-state index in [-0.39, 0.29) is 18.5 Å². The minimum absolute atomic E-state index is 0.119. The van der Waals surface area contributed by atoms with Crippen LogP contribution in [0.5, 0.6) is 5.75 Å². The number of hydrogen-bond donors (Lipinski definition) is 1. The van der Waals surface area contributed by atoms with Crippen LogP contribution < -0.4 is 4.74 Å². The van der Waals surface area contributed by atoms with Crippen LogP contribution in [-0.4, -0.2) is 49.8 Å². The van der Waals surface area contributed by atoms with Gasteiger partial charge in [0.2, 0.25) is 0 Å². The highest BCUT2D eigenvalue weighted by Crippen LogP contribution is 2.38. The average molecular weight is 467 g/mol. The van der Waals surface area contributed by atoms with Crippen LogP contribution in [0.1, 0.15) is 60.7 Å². The van der Waals surface area contributed by atoms with Gasteiger partial charge in [-0.2, -0.15) is 5.26 Å². The zero-order valence-electron chi connectivity index (χ0n) is 21.1. The van der Waals surface area contributed by atoms with Gasteiger partial charge in [-0.15, -0.1) is 0 Å². The number of aliphatic hydroxyl groups is 1. The topological polar surface area (TPSA) is 82.8 Å². The minimum atomic E-state index is -0.634. The average Bonchev–Trinajstić information content (AvgIpc) is 2.85. The lowest BCUT2D eigenvalue weighted by Gasteiger charge is -2.32. The highest BCUT2D eigenvalue weighted by molar-refractivity contribution is 5.89. The van der Waals surface area contributed by atoms with E-state index in [1.807, 2.05) is 36.4 Å². The molecule has 34 heavy (non-hydrogen) atoms. The molecule has 184 valence electrons. The molecule has 0 aliphatic rings. The number of carbonyl (C=O) groups is 1. The van der Waals surface area contributed by atoms with Crippen LogP contribution in [0.25, 0.3) is 0 Å². The Morgan fingerprint density at radius 3 is 2.59 bits per heavy atom. The Morgan fingerprint density at radius 2 is 1.97 bits per heavy atom. The molecule has 0 saturated carbocycles. The zero-order chi connectivity index (χ0) is 25.1. The number of nitriles is 1. The molecule has 6 nitrogen and oxygen atoms in total. The Morgan fingerprint density at radius 1 is 1.21 bits per heavy atom. The lowest BCUT2D eigenvalue weighted by Crippen LogP contribution is -2.32. The van der Waals surface area contributed by atoms with Crippen LogP contribution >= 0.6 is 0 Å². The van der Waals surface area contributed by atoms with E-state index in [1.54, 1.807) is 20.1 Å². The number of esters is 1. The van der Waals surface area contributed by atoms with Crippen molar-refractivity contribution in [2.45, 2.75) is 52.1 Å². The van der Waals surface area contributed by atoms with E-state index >= 15 is 0 Å². The second-order valence-corrected chi connectivity index (χ2v) is 9.00. The van der Waals surface area contributed by atoms with Crippen molar-refractivity contribution in [3.05, 3.63) is 64.7 Å². The fourth-order valence-electron chi connectivity index (χ4n) is 4.32. The molecule has 0 aromatic heterocycles. The van der Waals surface area contributed by atoms with Crippen molar-refractivity contribution >= 4 is 5.97 Å². The molecule has 0 aliphatic heterocycles. The van der Waals surface area contributed by atoms with Gasteiger partial charge in [-0.3, -0.25) is 0 Å². The monoisotopic (exact) mass is 466 g/mol. The van der Waals surface area contributed by atoms with Crippen LogP contribution in [0.4, 0.5) is 0 Å². The molecule has 0 aliphatic carbocycles. The summed E-state index contributed by atoms with van der Waals surface area (Å²) in [6.45, 7) is 7.90. The molecule has 0 saturated heterocycles. The van der Waals surface area contributed by atoms with E-state index in [9.17, 15) is 15.2 Å². The summed E-state index contributed by atoms with van der Waals surface area (Å²) in [4.78, 5) is 14.2. The molecule has 6 heteroatoms. The van der Waals surface area contributed by atoms with Gasteiger partial charge in [0.1, 0.15) is 5.75 Å². The van der Waals surface area contributed by atoms with Gasteiger partial charge in [-0.25, -0.2) is 4.79 Å². The number of ether oxygens (including phenoxy) is 2. The fourth-order valence-corrected chi connectivity index (χ4v) is 4.32. The third-order valence-corrected chi connectivity index (χ3v) is 6.48. The molecule has 1 N–H and O–H groups in total. The summed E-state index contributed by atoms with van der Waals surface area (Å²) in [6.07, 6.45) is 2.42. The van der Waals surface area contributed by atoms with E-state index in [1.165, 1.54) is 0 Å². The van der Waals surface area contributed by atoms with Gasteiger partial charge in [0.15, 0.2) is 0 Å². The van der Waals surface area contributed by atoms with Crippen LogP contribution in [0, 0.1) is 17.2 Å². The van der Waals surface area contributed by atoms with Crippen molar-refractivity contribution in [2.75, 3.05) is 33.9 Å². The van der Waals surface area contributed by atoms with Crippen LogP contribution in [-0.2, 0) is 23.2 Å². The first-order valence-corrected chi connectivity index (χ1v) is 11.9. The minimum Gasteiger partial charge on any atom is -0.496 e. The fraction of sp³-hybridized carbons (Fsp3) is 0.500. The third-order valence-electron chi connectivity index (χ3n) is 6.48. The van der Waals surface area contributed by atoms with E-state index in [0.29, 0.717) is 23.5 Å². The summed E-state index contributed by atoms with van der Waals surface area (Å²) < 4.78 is 10.4. The first kappa shape index (κ1) is 27.4. The maximum Gasteiger partial charge on any atom is 0.338 e. The number of nitrogens with zero attached hydrogens (tertiary/aromatic N) is 2. The van der Waals surface area contributed by atoms with Gasteiger partial charge >= 0.3 is 5.97 Å². The van der Waals surface area contributed by atoms with Gasteiger partial charge in [-0.05, 0) is 81.1 Å². The number of rotatable bonds is 13. The molecule has 0 radical (unpaired) electrons. The molecule has 1 atom stereocenters. The molecule has 0 amide bonds. The van der Waals surface area contributed by atoms with E-state index < -0.39 is 5.41 Å². The van der Waals surface area contributed by atoms with E-state index in [0.717, 1.165) is 43.5 Å². The molecule has 2 aromatic carbocycles. The largest absolute Gasteiger partial charge is 0.496 e. The lowest BCUT2D eigenvalue weighted by atomic mass is 9.69. The number of hydrogen-bond acceptors (Lipinski definition) is 6. The van der Waals surface area contributed by atoms with Gasteiger partial charge < -0.3 is 19.5 Å². The number of methoxy groups -OCH3 is 1.